The zero-order chi connectivity index (χ0) is 21.7. The molecule has 2 amide bonds. The highest BCUT2D eigenvalue weighted by molar-refractivity contribution is 7.80. The normalized spacial score (nSPS) is 12.6. The lowest BCUT2D eigenvalue weighted by Gasteiger charge is -2.16. The molecule has 5 nitrogen and oxygen atoms in total. The second kappa shape index (κ2) is 7.60. The summed E-state index contributed by atoms with van der Waals surface area (Å²) in [6.45, 7) is 2.55. The van der Waals surface area contributed by atoms with Crippen LogP contribution in [-0.4, -0.2) is 23.5 Å². The average Bonchev–Trinajstić information content (AvgIpc) is 3.25. The summed E-state index contributed by atoms with van der Waals surface area (Å²) in [6, 6.07) is 17.0. The number of thiocarbonyl (C=S) groups is 1. The molecule has 0 saturated heterocycles. The number of benzene rings is 3. The predicted molar refractivity (Wildman–Crippen MR) is 132 cm³/mol. The molecule has 0 bridgehead atoms. The van der Waals surface area contributed by atoms with Gasteiger partial charge in [0, 0.05) is 38.7 Å². The maximum Gasteiger partial charge on any atom is 0.269 e. The second-order valence-corrected chi connectivity index (χ2v) is 8.90. The molecule has 0 atom stereocenters. The van der Waals surface area contributed by atoms with Gasteiger partial charge in [0.15, 0.2) is 5.11 Å². The molecular formula is C23H16ClN3O2S2. The largest absolute Gasteiger partial charge is 0.332 e. The number of halogens is 1. The lowest BCUT2D eigenvalue weighted by atomic mass is 10.0. The van der Waals surface area contributed by atoms with Crippen molar-refractivity contribution in [2.24, 2.45) is 0 Å². The summed E-state index contributed by atoms with van der Waals surface area (Å²) >= 11 is 13.1. The van der Waals surface area contributed by atoms with Gasteiger partial charge in [0.1, 0.15) is 4.88 Å². The lowest BCUT2D eigenvalue weighted by molar-refractivity contribution is 0.0978. The Labute approximate surface area is 192 Å². The van der Waals surface area contributed by atoms with E-state index in [-0.39, 0.29) is 16.9 Å². The van der Waals surface area contributed by atoms with Crippen molar-refractivity contribution in [2.45, 2.75) is 6.92 Å². The highest BCUT2D eigenvalue weighted by atomic mass is 35.5. The second-order valence-electron chi connectivity index (χ2n) is 7.06. The first-order valence-electron chi connectivity index (χ1n) is 9.66. The molecule has 1 aliphatic rings. The lowest BCUT2D eigenvalue weighted by Crippen LogP contribution is -2.33. The third kappa shape index (κ3) is 3.17. The number of carbonyl (C=O) groups excluding carboxylic acids is 2. The van der Waals surface area contributed by atoms with E-state index in [9.17, 15) is 9.59 Å². The molecule has 5 rings (SSSR count). The fourth-order valence-electron chi connectivity index (χ4n) is 3.94. The van der Waals surface area contributed by atoms with Gasteiger partial charge in [-0.3, -0.25) is 14.9 Å². The van der Waals surface area contributed by atoms with Gasteiger partial charge >= 0.3 is 0 Å². The van der Waals surface area contributed by atoms with Crippen molar-refractivity contribution in [3.05, 3.63) is 70.1 Å². The number of hydrogen-bond donors (Lipinski definition) is 2. The molecule has 3 aromatic carbocycles. The highest BCUT2D eigenvalue weighted by Gasteiger charge is 2.29. The first kappa shape index (κ1) is 19.9. The molecule has 0 fully saturated rings. The maximum absolute atomic E-state index is 12.8. The van der Waals surface area contributed by atoms with Crippen LogP contribution in [0.15, 0.2) is 54.6 Å². The highest BCUT2D eigenvalue weighted by Crippen LogP contribution is 2.40. The molecule has 0 saturated carbocycles. The van der Waals surface area contributed by atoms with Gasteiger partial charge < -0.3 is 10.2 Å². The van der Waals surface area contributed by atoms with Crippen LogP contribution in [-0.2, 0) is 0 Å². The molecule has 4 aromatic rings. The molecule has 0 radical (unpaired) electrons. The van der Waals surface area contributed by atoms with Gasteiger partial charge in [0.05, 0.1) is 10.7 Å². The van der Waals surface area contributed by atoms with Crippen molar-refractivity contribution in [2.75, 3.05) is 16.8 Å². The Hall–Kier alpha value is -3.00. The topological polar surface area (TPSA) is 61.4 Å². The number of amides is 2. The van der Waals surface area contributed by atoms with Gasteiger partial charge in [-0.1, -0.05) is 41.9 Å². The van der Waals surface area contributed by atoms with Crippen LogP contribution in [0.1, 0.15) is 27.0 Å². The number of hydrogen-bond acceptors (Lipinski definition) is 4. The number of anilines is 2. The summed E-state index contributed by atoms with van der Waals surface area (Å²) in [6.07, 6.45) is 0. The molecule has 0 unspecified atom stereocenters. The third-order valence-corrected chi connectivity index (χ3v) is 7.20. The minimum atomic E-state index is -0.359. The van der Waals surface area contributed by atoms with Gasteiger partial charge in [-0.25, -0.2) is 0 Å². The molecule has 0 spiro atoms. The van der Waals surface area contributed by atoms with Gasteiger partial charge in [-0.05, 0) is 43.4 Å². The smallest absolute Gasteiger partial charge is 0.269 e. The van der Waals surface area contributed by atoms with Crippen LogP contribution in [0.3, 0.4) is 0 Å². The van der Waals surface area contributed by atoms with Crippen molar-refractivity contribution in [3.8, 4) is 0 Å². The van der Waals surface area contributed by atoms with Crippen molar-refractivity contribution < 1.29 is 9.59 Å². The van der Waals surface area contributed by atoms with Crippen molar-refractivity contribution >= 4 is 84.3 Å². The predicted octanol–water partition coefficient (Wildman–Crippen LogP) is 5.81. The zero-order valence-corrected chi connectivity index (χ0v) is 18.8. The van der Waals surface area contributed by atoms with Crippen LogP contribution in [0, 0.1) is 0 Å². The summed E-state index contributed by atoms with van der Waals surface area (Å²) in [5, 5.41) is 9.00. The summed E-state index contributed by atoms with van der Waals surface area (Å²) < 4.78 is 0.939. The SMILES string of the molecule is CCN1C(=O)c2cccc3c(NC(=S)NC(=O)c4sc5ccccc5c4Cl)ccc1c23. The van der Waals surface area contributed by atoms with Crippen molar-refractivity contribution in [1.82, 2.24) is 5.32 Å². The first-order valence-corrected chi connectivity index (χ1v) is 11.3. The number of thiophene rings is 1. The molecular weight excluding hydrogens is 450 g/mol. The average molecular weight is 466 g/mol. The van der Waals surface area contributed by atoms with E-state index >= 15 is 0 Å². The molecule has 0 aliphatic carbocycles. The Kier molecular flexibility index (Phi) is 4.89. The summed E-state index contributed by atoms with van der Waals surface area (Å²) in [7, 11) is 0. The number of fused-ring (bicyclic) bond motifs is 1. The third-order valence-electron chi connectivity index (χ3n) is 5.32. The Bertz CT molecular complexity index is 1410. The van der Waals surface area contributed by atoms with E-state index in [1.54, 1.807) is 4.90 Å². The van der Waals surface area contributed by atoms with Crippen molar-refractivity contribution in [3.63, 3.8) is 0 Å². The molecule has 2 N–H and O–H groups in total. The molecule has 1 aromatic heterocycles. The monoisotopic (exact) mass is 465 g/mol. The Morgan fingerprint density at radius 1 is 1.10 bits per heavy atom. The van der Waals surface area contributed by atoms with E-state index in [0.717, 1.165) is 32.2 Å². The summed E-state index contributed by atoms with van der Waals surface area (Å²) in [5.41, 5.74) is 2.28. The van der Waals surface area contributed by atoms with Gasteiger partial charge in [-0.15, -0.1) is 11.3 Å². The van der Waals surface area contributed by atoms with E-state index in [4.69, 9.17) is 23.8 Å². The molecule has 154 valence electrons. The quantitative estimate of drug-likeness (QED) is 0.374. The van der Waals surface area contributed by atoms with E-state index in [1.807, 2.05) is 61.5 Å². The van der Waals surface area contributed by atoms with Crippen LogP contribution in [0.25, 0.3) is 20.9 Å². The minimum Gasteiger partial charge on any atom is -0.332 e. The van der Waals surface area contributed by atoms with E-state index in [2.05, 4.69) is 10.6 Å². The van der Waals surface area contributed by atoms with Crippen molar-refractivity contribution in [1.29, 1.82) is 0 Å². The molecule has 31 heavy (non-hydrogen) atoms. The van der Waals surface area contributed by atoms with Crippen LogP contribution in [0.4, 0.5) is 11.4 Å². The fourth-order valence-corrected chi connectivity index (χ4v) is 5.56. The molecule has 8 heteroatoms. The van der Waals surface area contributed by atoms with E-state index in [1.165, 1.54) is 11.3 Å². The fraction of sp³-hybridized carbons (Fsp3) is 0.0870. The standard InChI is InChI=1S/C23H16ClN3O2S2/c1-2-27-16-11-10-15(12-7-5-8-14(18(12)16)22(27)29)25-23(30)26-21(28)20-19(24)13-6-3-4-9-17(13)31-20/h3-11H,2H2,1H3,(H2,25,26,28,30). The minimum absolute atomic E-state index is 0.00414. The molecule has 2 heterocycles. The van der Waals surface area contributed by atoms with Gasteiger partial charge in [0.2, 0.25) is 0 Å². The summed E-state index contributed by atoms with van der Waals surface area (Å²) in [5.74, 6) is -0.363. The van der Waals surface area contributed by atoms with E-state index in [0.29, 0.717) is 22.0 Å². The van der Waals surface area contributed by atoms with Crippen LogP contribution in [0.2, 0.25) is 5.02 Å². The van der Waals surface area contributed by atoms with Crippen LogP contribution >= 0.6 is 35.2 Å². The van der Waals surface area contributed by atoms with Crippen LogP contribution in [0.5, 0.6) is 0 Å². The van der Waals surface area contributed by atoms with Crippen LogP contribution < -0.4 is 15.5 Å². The Morgan fingerprint density at radius 3 is 2.65 bits per heavy atom. The zero-order valence-electron chi connectivity index (χ0n) is 16.4. The first-order chi connectivity index (χ1) is 15.0. The van der Waals surface area contributed by atoms with Gasteiger partial charge in [-0.2, -0.15) is 0 Å². The number of nitrogens with zero attached hydrogens (tertiary/aromatic N) is 1. The van der Waals surface area contributed by atoms with E-state index < -0.39 is 0 Å². The number of rotatable bonds is 3. The van der Waals surface area contributed by atoms with Gasteiger partial charge in [0.25, 0.3) is 11.8 Å². The Balaban J connectivity index is 1.42. The number of carbonyl (C=O) groups is 2. The maximum atomic E-state index is 12.8. The molecule has 1 aliphatic heterocycles. The number of nitrogens with one attached hydrogen (secondary N) is 2. The summed E-state index contributed by atoms with van der Waals surface area (Å²) in [4.78, 5) is 27.6. The Morgan fingerprint density at radius 2 is 1.87 bits per heavy atom.